The van der Waals surface area contributed by atoms with E-state index in [4.69, 9.17) is 21.3 Å². The first-order valence-electron chi connectivity index (χ1n) is 10.5. The van der Waals surface area contributed by atoms with Crippen molar-refractivity contribution < 1.29 is 4.74 Å². The molecule has 0 unspecified atom stereocenters. The second kappa shape index (κ2) is 6.47. The third kappa shape index (κ3) is 2.86. The number of ether oxygens (including phenoxy) is 1. The van der Waals surface area contributed by atoms with E-state index in [9.17, 15) is 0 Å². The average Bonchev–Trinajstić information content (AvgIpc) is 3.11. The Kier molecular flexibility index (Phi) is 4.00. The molecule has 28 heavy (non-hydrogen) atoms. The molecule has 0 N–H and O–H groups in total. The Morgan fingerprint density at radius 1 is 1.18 bits per heavy atom. The number of morpholine rings is 1. The van der Waals surface area contributed by atoms with Gasteiger partial charge >= 0.3 is 0 Å². The Morgan fingerprint density at radius 3 is 2.68 bits per heavy atom. The number of imidazole rings is 1. The second-order valence-corrected chi connectivity index (χ2v) is 9.22. The van der Waals surface area contributed by atoms with E-state index in [1.54, 1.807) is 0 Å². The molecular formula is C20H27ClN6O. The lowest BCUT2D eigenvalue weighted by Gasteiger charge is -2.35. The minimum absolute atomic E-state index is 0.323. The molecule has 2 atom stereocenters. The van der Waals surface area contributed by atoms with Crippen LogP contribution in [0.15, 0.2) is 6.07 Å². The molecule has 1 aliphatic carbocycles. The van der Waals surface area contributed by atoms with Crippen LogP contribution in [0.25, 0.3) is 11.0 Å². The van der Waals surface area contributed by atoms with Crippen LogP contribution in [0, 0.1) is 5.92 Å². The molecule has 2 bridgehead atoms. The molecule has 150 valence electrons. The summed E-state index contributed by atoms with van der Waals surface area (Å²) < 4.78 is 7.96. The molecule has 0 amide bonds. The molecule has 0 spiro atoms. The van der Waals surface area contributed by atoms with Gasteiger partial charge in [-0.2, -0.15) is 0 Å². The molecule has 4 aliphatic rings. The van der Waals surface area contributed by atoms with Gasteiger partial charge in [0.25, 0.3) is 0 Å². The van der Waals surface area contributed by atoms with E-state index in [2.05, 4.69) is 31.3 Å². The predicted molar refractivity (Wildman–Crippen MR) is 110 cm³/mol. The van der Waals surface area contributed by atoms with Crippen molar-refractivity contribution in [2.24, 2.45) is 13.0 Å². The van der Waals surface area contributed by atoms with E-state index in [-0.39, 0.29) is 0 Å². The Bertz CT molecular complexity index is 904. The van der Waals surface area contributed by atoms with Gasteiger partial charge in [0.05, 0.1) is 24.3 Å². The average molecular weight is 403 g/mol. The van der Waals surface area contributed by atoms with E-state index in [1.165, 1.54) is 19.4 Å². The van der Waals surface area contributed by atoms with Crippen LogP contribution in [0.5, 0.6) is 0 Å². The summed E-state index contributed by atoms with van der Waals surface area (Å²) in [6.45, 7) is 7.25. The summed E-state index contributed by atoms with van der Waals surface area (Å²) >= 11 is 6.41. The maximum absolute atomic E-state index is 6.41. The molecule has 2 aromatic rings. The van der Waals surface area contributed by atoms with Gasteiger partial charge in [0.1, 0.15) is 10.7 Å². The molecule has 0 radical (unpaired) electrons. The van der Waals surface area contributed by atoms with Crippen molar-refractivity contribution in [1.82, 2.24) is 19.4 Å². The fourth-order valence-electron chi connectivity index (χ4n) is 5.07. The standard InChI is InChI=1S/C20H27ClN6O/c1-24-16-9-17(21)22-19(27-11-15-8-14(27)12-28-15)18(16)23-20(24)26-6-4-25(5-7-26)10-13-2-3-13/h9,13-15H,2-8,10-12H2,1H3/t14-,15-/m1/s1. The highest BCUT2D eigenvalue weighted by atomic mass is 35.5. The van der Waals surface area contributed by atoms with Crippen LogP contribution in [-0.2, 0) is 11.8 Å². The highest BCUT2D eigenvalue weighted by Crippen LogP contribution is 2.37. The molecule has 0 aromatic carbocycles. The monoisotopic (exact) mass is 402 g/mol. The van der Waals surface area contributed by atoms with Crippen molar-refractivity contribution in [2.45, 2.75) is 31.4 Å². The summed E-state index contributed by atoms with van der Waals surface area (Å²) in [6, 6.07) is 2.35. The summed E-state index contributed by atoms with van der Waals surface area (Å²) in [5.74, 6) is 2.91. The number of anilines is 2. The van der Waals surface area contributed by atoms with Crippen LogP contribution in [-0.4, -0.2) is 77.5 Å². The number of nitrogens with zero attached hydrogens (tertiary/aromatic N) is 6. The first-order chi connectivity index (χ1) is 13.7. The number of pyridine rings is 1. The Morgan fingerprint density at radius 2 is 2.00 bits per heavy atom. The largest absolute Gasteiger partial charge is 0.374 e. The SMILES string of the molecule is Cn1c(N2CCN(CC3CC3)CC2)nc2c(N3C[C@H]4C[C@@H]3CO4)nc(Cl)cc21. The lowest BCUT2D eigenvalue weighted by atomic mass is 10.2. The smallest absolute Gasteiger partial charge is 0.206 e. The lowest BCUT2D eigenvalue weighted by molar-refractivity contribution is 0.0990. The van der Waals surface area contributed by atoms with Crippen LogP contribution in [0.4, 0.5) is 11.8 Å². The maximum Gasteiger partial charge on any atom is 0.206 e. The van der Waals surface area contributed by atoms with Crippen molar-refractivity contribution in [3.63, 3.8) is 0 Å². The van der Waals surface area contributed by atoms with Crippen molar-refractivity contribution >= 4 is 34.4 Å². The Balaban J connectivity index is 1.31. The zero-order valence-corrected chi connectivity index (χ0v) is 17.1. The van der Waals surface area contributed by atoms with Crippen molar-refractivity contribution in [3.8, 4) is 0 Å². The zero-order chi connectivity index (χ0) is 18.8. The topological polar surface area (TPSA) is 49.7 Å². The lowest BCUT2D eigenvalue weighted by Crippen LogP contribution is -2.47. The highest BCUT2D eigenvalue weighted by Gasteiger charge is 2.41. The molecule has 4 fully saturated rings. The van der Waals surface area contributed by atoms with Crippen molar-refractivity contribution in [3.05, 3.63) is 11.2 Å². The molecule has 7 nitrogen and oxygen atoms in total. The van der Waals surface area contributed by atoms with Crippen LogP contribution in [0.2, 0.25) is 5.15 Å². The van der Waals surface area contributed by atoms with Crippen molar-refractivity contribution in [1.29, 1.82) is 0 Å². The summed E-state index contributed by atoms with van der Waals surface area (Å²) in [7, 11) is 2.10. The Hall–Kier alpha value is -1.57. The molecular weight excluding hydrogens is 376 g/mol. The number of piperazine rings is 1. The first-order valence-corrected chi connectivity index (χ1v) is 10.9. The van der Waals surface area contributed by atoms with E-state index in [0.717, 1.165) is 74.5 Å². The van der Waals surface area contributed by atoms with E-state index in [0.29, 0.717) is 17.3 Å². The number of halogens is 1. The highest BCUT2D eigenvalue weighted by molar-refractivity contribution is 6.30. The molecule has 8 heteroatoms. The number of fused-ring (bicyclic) bond motifs is 3. The summed E-state index contributed by atoms with van der Waals surface area (Å²) in [4.78, 5) is 17.1. The number of aryl methyl sites for hydroxylation is 1. The minimum Gasteiger partial charge on any atom is -0.374 e. The zero-order valence-electron chi connectivity index (χ0n) is 16.3. The normalized spacial score (nSPS) is 28.1. The predicted octanol–water partition coefficient (Wildman–Crippen LogP) is 2.13. The Labute approximate surface area is 170 Å². The molecule has 6 rings (SSSR count). The number of hydrogen-bond acceptors (Lipinski definition) is 6. The number of hydrogen-bond donors (Lipinski definition) is 0. The van der Waals surface area contributed by atoms with Gasteiger partial charge in [0, 0.05) is 52.4 Å². The minimum atomic E-state index is 0.323. The van der Waals surface area contributed by atoms with Crippen LogP contribution >= 0.6 is 11.6 Å². The molecule has 3 saturated heterocycles. The quantitative estimate of drug-likeness (QED) is 0.730. The summed E-state index contributed by atoms with van der Waals surface area (Å²) in [5, 5.41) is 0.537. The van der Waals surface area contributed by atoms with Crippen molar-refractivity contribution in [2.75, 3.05) is 55.7 Å². The summed E-state index contributed by atoms with van der Waals surface area (Å²) in [6.07, 6.45) is 4.25. The fraction of sp³-hybridized carbons (Fsp3) is 0.700. The summed E-state index contributed by atoms with van der Waals surface area (Å²) in [5.41, 5.74) is 2.03. The number of aromatic nitrogens is 3. The second-order valence-electron chi connectivity index (χ2n) is 8.84. The van der Waals surface area contributed by atoms with E-state index < -0.39 is 0 Å². The molecule has 1 saturated carbocycles. The molecule has 5 heterocycles. The van der Waals surface area contributed by atoms with Crippen LogP contribution in [0.1, 0.15) is 19.3 Å². The molecule has 2 aromatic heterocycles. The van der Waals surface area contributed by atoms with Gasteiger partial charge in [0.15, 0.2) is 5.82 Å². The number of rotatable bonds is 4. The van der Waals surface area contributed by atoms with Gasteiger partial charge in [0.2, 0.25) is 5.95 Å². The fourth-order valence-corrected chi connectivity index (χ4v) is 5.25. The van der Waals surface area contributed by atoms with Gasteiger partial charge in [-0.25, -0.2) is 9.97 Å². The van der Waals surface area contributed by atoms with Gasteiger partial charge in [-0.05, 0) is 25.2 Å². The van der Waals surface area contributed by atoms with E-state index in [1.807, 2.05) is 6.07 Å². The third-order valence-corrected chi connectivity index (χ3v) is 7.03. The third-order valence-electron chi connectivity index (χ3n) is 6.84. The molecule has 3 aliphatic heterocycles. The maximum atomic E-state index is 6.41. The van der Waals surface area contributed by atoms with E-state index >= 15 is 0 Å². The van der Waals surface area contributed by atoms with Crippen LogP contribution < -0.4 is 9.80 Å². The van der Waals surface area contributed by atoms with Gasteiger partial charge < -0.3 is 19.1 Å². The van der Waals surface area contributed by atoms with Gasteiger partial charge in [-0.3, -0.25) is 4.90 Å². The van der Waals surface area contributed by atoms with Crippen LogP contribution in [0.3, 0.4) is 0 Å². The van der Waals surface area contributed by atoms with Gasteiger partial charge in [-0.1, -0.05) is 11.6 Å². The first kappa shape index (κ1) is 17.3. The van der Waals surface area contributed by atoms with Gasteiger partial charge in [-0.15, -0.1) is 0 Å².